The molecule has 0 amide bonds. The number of benzene rings is 1. The Morgan fingerprint density at radius 2 is 2.33 bits per heavy atom. The molecule has 0 spiro atoms. The highest BCUT2D eigenvalue weighted by molar-refractivity contribution is 5.60. The Balaban J connectivity index is 2.06. The van der Waals surface area contributed by atoms with Crippen LogP contribution in [0.4, 0.5) is 11.4 Å². The molecule has 0 aliphatic heterocycles. The summed E-state index contributed by atoms with van der Waals surface area (Å²) >= 11 is 0. The molecule has 2 rings (SSSR count). The van der Waals surface area contributed by atoms with Gasteiger partial charge in [0, 0.05) is 24.4 Å². The molecule has 0 fully saturated rings. The molecule has 0 radical (unpaired) electrons. The Bertz CT molecular complexity index is 626. The van der Waals surface area contributed by atoms with Crippen molar-refractivity contribution in [3.05, 3.63) is 46.3 Å². The molecule has 2 N–H and O–H groups in total. The summed E-state index contributed by atoms with van der Waals surface area (Å²) in [5.74, 6) is 0.409. The Morgan fingerprint density at radius 1 is 1.52 bits per heavy atom. The lowest BCUT2D eigenvalue weighted by molar-refractivity contribution is -0.384. The van der Waals surface area contributed by atoms with Gasteiger partial charge >= 0.3 is 0 Å². The van der Waals surface area contributed by atoms with Gasteiger partial charge < -0.3 is 15.2 Å². The van der Waals surface area contributed by atoms with Gasteiger partial charge in [-0.2, -0.15) is 5.10 Å². The number of ether oxygens (including phenoxy) is 1. The summed E-state index contributed by atoms with van der Waals surface area (Å²) in [5, 5.41) is 26.8. The van der Waals surface area contributed by atoms with Gasteiger partial charge in [-0.1, -0.05) is 0 Å². The first-order valence-electron chi connectivity index (χ1n) is 6.32. The summed E-state index contributed by atoms with van der Waals surface area (Å²) in [5.41, 5.74) is 1.58. The summed E-state index contributed by atoms with van der Waals surface area (Å²) < 4.78 is 6.79. The maximum atomic E-state index is 10.7. The molecule has 8 heteroatoms. The van der Waals surface area contributed by atoms with Crippen molar-refractivity contribution in [2.45, 2.75) is 13.1 Å². The summed E-state index contributed by atoms with van der Waals surface area (Å²) in [7, 11) is 1.46. The van der Waals surface area contributed by atoms with E-state index in [0.717, 1.165) is 5.56 Å². The lowest BCUT2D eigenvalue weighted by Crippen LogP contribution is -2.03. The number of nitrogens with zero attached hydrogens (tertiary/aromatic N) is 3. The van der Waals surface area contributed by atoms with Crippen LogP contribution in [-0.4, -0.2) is 33.5 Å². The Kier molecular flexibility index (Phi) is 4.72. The molecular weight excluding hydrogens is 276 g/mol. The molecular formula is C13H16N4O4. The number of nitro benzene ring substituents is 1. The van der Waals surface area contributed by atoms with Gasteiger partial charge in [0.2, 0.25) is 0 Å². The van der Waals surface area contributed by atoms with Crippen LogP contribution < -0.4 is 10.1 Å². The lowest BCUT2D eigenvalue weighted by atomic mass is 10.2. The Labute approximate surface area is 121 Å². The number of aliphatic hydroxyl groups excluding tert-OH is 1. The second-order valence-corrected chi connectivity index (χ2v) is 4.33. The number of hydrogen-bond donors (Lipinski definition) is 2. The van der Waals surface area contributed by atoms with E-state index in [1.165, 1.54) is 19.2 Å². The summed E-state index contributed by atoms with van der Waals surface area (Å²) in [6.45, 7) is 0.977. The number of anilines is 1. The summed E-state index contributed by atoms with van der Waals surface area (Å²) in [6.07, 6.45) is 3.52. The highest BCUT2D eigenvalue weighted by atomic mass is 16.6. The van der Waals surface area contributed by atoms with E-state index >= 15 is 0 Å². The molecule has 0 atom stereocenters. The van der Waals surface area contributed by atoms with E-state index in [9.17, 15) is 10.1 Å². The van der Waals surface area contributed by atoms with Crippen LogP contribution in [0.3, 0.4) is 0 Å². The highest BCUT2D eigenvalue weighted by Gasteiger charge is 2.11. The van der Waals surface area contributed by atoms with Gasteiger partial charge in [-0.15, -0.1) is 0 Å². The first-order valence-corrected chi connectivity index (χ1v) is 6.32. The minimum atomic E-state index is -0.467. The number of rotatable bonds is 7. The fraction of sp³-hybridized carbons (Fsp3) is 0.308. The van der Waals surface area contributed by atoms with Crippen LogP contribution >= 0.6 is 0 Å². The van der Waals surface area contributed by atoms with Crippen molar-refractivity contribution in [2.75, 3.05) is 19.0 Å². The number of non-ortho nitro benzene ring substituents is 1. The predicted molar refractivity (Wildman–Crippen MR) is 76.3 cm³/mol. The minimum absolute atomic E-state index is 0.0202. The second kappa shape index (κ2) is 6.71. The van der Waals surface area contributed by atoms with Crippen molar-refractivity contribution in [1.29, 1.82) is 0 Å². The van der Waals surface area contributed by atoms with Gasteiger partial charge in [0.25, 0.3) is 5.69 Å². The standard InChI is InChI=1S/C13H16N4O4/c1-21-13-6-11(17(19)20)2-3-12(13)14-7-10-8-15-16(9-10)4-5-18/h2-3,6,8-9,14,18H,4-5,7H2,1H3. The van der Waals surface area contributed by atoms with Crippen LogP contribution in [0, 0.1) is 10.1 Å². The van der Waals surface area contributed by atoms with Gasteiger partial charge in [0.1, 0.15) is 5.75 Å². The van der Waals surface area contributed by atoms with Crippen molar-refractivity contribution < 1.29 is 14.8 Å². The van der Waals surface area contributed by atoms with Crippen molar-refractivity contribution >= 4 is 11.4 Å². The second-order valence-electron chi connectivity index (χ2n) is 4.33. The zero-order chi connectivity index (χ0) is 15.2. The first-order chi connectivity index (χ1) is 10.1. The maximum Gasteiger partial charge on any atom is 0.273 e. The van der Waals surface area contributed by atoms with Gasteiger partial charge in [0.05, 0.1) is 43.1 Å². The molecule has 2 aromatic rings. The monoisotopic (exact) mass is 292 g/mol. The molecule has 0 saturated carbocycles. The smallest absolute Gasteiger partial charge is 0.273 e. The number of nitro groups is 1. The highest BCUT2D eigenvalue weighted by Crippen LogP contribution is 2.29. The predicted octanol–water partition coefficient (Wildman–Crippen LogP) is 1.40. The normalized spacial score (nSPS) is 10.4. The average Bonchev–Trinajstić information content (AvgIpc) is 2.93. The molecule has 1 aromatic heterocycles. The van der Waals surface area contributed by atoms with Crippen LogP contribution in [0.2, 0.25) is 0 Å². The third kappa shape index (κ3) is 3.69. The van der Waals surface area contributed by atoms with Crippen molar-refractivity contribution in [1.82, 2.24) is 9.78 Å². The number of nitrogens with one attached hydrogen (secondary N) is 1. The molecule has 0 aliphatic carbocycles. The van der Waals surface area contributed by atoms with Crippen molar-refractivity contribution in [3.8, 4) is 5.75 Å². The first kappa shape index (κ1) is 14.8. The number of aliphatic hydroxyl groups is 1. The Hall–Kier alpha value is -2.61. The van der Waals surface area contributed by atoms with E-state index < -0.39 is 4.92 Å². The topological polar surface area (TPSA) is 102 Å². The average molecular weight is 292 g/mol. The van der Waals surface area contributed by atoms with Crippen LogP contribution in [0.5, 0.6) is 5.75 Å². The van der Waals surface area contributed by atoms with Crippen LogP contribution in [0.1, 0.15) is 5.56 Å². The summed E-state index contributed by atoms with van der Waals surface area (Å²) in [4.78, 5) is 10.3. The van der Waals surface area contributed by atoms with Crippen LogP contribution in [-0.2, 0) is 13.1 Å². The fourth-order valence-electron chi connectivity index (χ4n) is 1.86. The molecule has 0 bridgehead atoms. The van der Waals surface area contributed by atoms with E-state index in [2.05, 4.69) is 10.4 Å². The maximum absolute atomic E-state index is 10.7. The zero-order valence-electron chi connectivity index (χ0n) is 11.5. The quantitative estimate of drug-likeness (QED) is 0.590. The van der Waals surface area contributed by atoms with E-state index in [1.807, 2.05) is 6.20 Å². The van der Waals surface area contributed by atoms with Gasteiger partial charge in [-0.25, -0.2) is 0 Å². The number of hydrogen-bond acceptors (Lipinski definition) is 6. The van der Waals surface area contributed by atoms with Crippen molar-refractivity contribution in [3.63, 3.8) is 0 Å². The number of aromatic nitrogens is 2. The van der Waals surface area contributed by atoms with E-state index in [0.29, 0.717) is 24.5 Å². The molecule has 8 nitrogen and oxygen atoms in total. The van der Waals surface area contributed by atoms with Gasteiger partial charge in [-0.3, -0.25) is 14.8 Å². The van der Waals surface area contributed by atoms with E-state index in [4.69, 9.17) is 9.84 Å². The van der Waals surface area contributed by atoms with Gasteiger partial charge in [-0.05, 0) is 6.07 Å². The van der Waals surface area contributed by atoms with E-state index in [-0.39, 0.29) is 12.3 Å². The third-order valence-corrected chi connectivity index (χ3v) is 2.89. The van der Waals surface area contributed by atoms with Crippen LogP contribution in [0.25, 0.3) is 0 Å². The molecule has 112 valence electrons. The molecule has 0 saturated heterocycles. The SMILES string of the molecule is COc1cc([N+](=O)[O-])ccc1NCc1cnn(CCO)c1. The van der Waals surface area contributed by atoms with Crippen LogP contribution in [0.15, 0.2) is 30.6 Å². The largest absolute Gasteiger partial charge is 0.494 e. The molecule has 1 aromatic carbocycles. The zero-order valence-corrected chi connectivity index (χ0v) is 11.5. The molecule has 0 unspecified atom stereocenters. The van der Waals surface area contributed by atoms with Crippen molar-refractivity contribution in [2.24, 2.45) is 0 Å². The fourth-order valence-corrected chi connectivity index (χ4v) is 1.86. The lowest BCUT2D eigenvalue weighted by Gasteiger charge is -2.10. The van der Waals surface area contributed by atoms with E-state index in [1.54, 1.807) is 16.9 Å². The summed E-state index contributed by atoms with van der Waals surface area (Å²) in [6, 6.07) is 4.40. The number of methoxy groups -OCH3 is 1. The Morgan fingerprint density at radius 3 is 3.00 bits per heavy atom. The molecule has 0 aliphatic rings. The third-order valence-electron chi connectivity index (χ3n) is 2.89. The minimum Gasteiger partial charge on any atom is -0.494 e. The molecule has 21 heavy (non-hydrogen) atoms. The van der Waals surface area contributed by atoms with Gasteiger partial charge in [0.15, 0.2) is 0 Å². The molecule has 1 heterocycles.